The normalized spacial score (nSPS) is 12.4. The highest BCUT2D eigenvalue weighted by Crippen LogP contribution is 2.14. The van der Waals surface area contributed by atoms with Crippen molar-refractivity contribution in [3.05, 3.63) is 18.5 Å². The van der Waals surface area contributed by atoms with E-state index in [2.05, 4.69) is 39.3 Å². The maximum Gasteiger partial charge on any atom is 0.323 e. The average Bonchev–Trinajstić information content (AvgIpc) is 2.91. The first-order chi connectivity index (χ1) is 9.58. The molecule has 0 saturated heterocycles. The number of hydrogen-bond acceptors (Lipinski definition) is 7. The molecule has 8 nitrogen and oxygen atoms in total. The zero-order chi connectivity index (χ0) is 14.5. The Bertz CT molecular complexity index is 541. The summed E-state index contributed by atoms with van der Waals surface area (Å²) in [7, 11) is 0. The van der Waals surface area contributed by atoms with Crippen molar-refractivity contribution in [1.82, 2.24) is 24.7 Å². The first-order valence-corrected chi connectivity index (χ1v) is 6.48. The van der Waals surface area contributed by atoms with Gasteiger partial charge in [-0.05, 0) is 25.3 Å². The van der Waals surface area contributed by atoms with Crippen molar-refractivity contribution in [2.75, 3.05) is 5.43 Å². The molecule has 0 spiro atoms. The van der Waals surface area contributed by atoms with E-state index in [1.807, 2.05) is 6.92 Å². The molecule has 20 heavy (non-hydrogen) atoms. The number of nitrogens with two attached hydrogens (primary N) is 1. The summed E-state index contributed by atoms with van der Waals surface area (Å²) in [5, 5.41) is 4.07. The van der Waals surface area contributed by atoms with Crippen LogP contribution in [-0.4, -0.2) is 30.8 Å². The largest absolute Gasteiger partial charge is 0.460 e. The summed E-state index contributed by atoms with van der Waals surface area (Å²) in [6.45, 7) is 6.25. The van der Waals surface area contributed by atoms with E-state index in [1.165, 1.54) is 4.68 Å². The zero-order valence-electron chi connectivity index (χ0n) is 11.8. The van der Waals surface area contributed by atoms with Gasteiger partial charge < -0.3 is 4.74 Å². The number of hydrazine groups is 1. The van der Waals surface area contributed by atoms with E-state index < -0.39 is 0 Å². The van der Waals surface area contributed by atoms with Gasteiger partial charge in [0.05, 0.1) is 6.10 Å². The van der Waals surface area contributed by atoms with E-state index in [0.717, 1.165) is 6.42 Å². The van der Waals surface area contributed by atoms with Crippen LogP contribution < -0.4 is 16.0 Å². The van der Waals surface area contributed by atoms with Gasteiger partial charge >= 0.3 is 6.01 Å². The van der Waals surface area contributed by atoms with Crippen molar-refractivity contribution in [3.63, 3.8) is 0 Å². The van der Waals surface area contributed by atoms with E-state index in [0.29, 0.717) is 11.9 Å². The fraction of sp³-hybridized carbons (Fsp3) is 0.500. The van der Waals surface area contributed by atoms with Crippen LogP contribution in [0.3, 0.4) is 0 Å². The van der Waals surface area contributed by atoms with Crippen LogP contribution in [0.5, 0.6) is 6.01 Å². The summed E-state index contributed by atoms with van der Waals surface area (Å²) in [5.74, 6) is 6.48. The number of nitrogen functional groups attached to an aromatic ring is 1. The summed E-state index contributed by atoms with van der Waals surface area (Å²) in [4.78, 5) is 12.4. The van der Waals surface area contributed by atoms with Crippen molar-refractivity contribution < 1.29 is 4.74 Å². The van der Waals surface area contributed by atoms with Gasteiger partial charge in [0.25, 0.3) is 5.95 Å². The molecular formula is C12H19N7O. The standard InChI is InChI=1S/C12H19N7O/c1-8(2)7-9(3)20-12-16-10(18-13)15-11(17-12)19-6-4-5-14-19/h4-6,8-9H,7,13H2,1-3H3,(H,15,16,17,18). The third kappa shape index (κ3) is 3.64. The fourth-order valence-electron chi connectivity index (χ4n) is 1.84. The molecule has 0 saturated carbocycles. The molecule has 1 unspecified atom stereocenters. The molecule has 1 atom stereocenters. The van der Waals surface area contributed by atoms with Crippen LogP contribution >= 0.6 is 0 Å². The smallest absolute Gasteiger partial charge is 0.323 e. The van der Waals surface area contributed by atoms with E-state index in [9.17, 15) is 0 Å². The van der Waals surface area contributed by atoms with Gasteiger partial charge in [-0.25, -0.2) is 10.5 Å². The lowest BCUT2D eigenvalue weighted by molar-refractivity contribution is 0.177. The van der Waals surface area contributed by atoms with Crippen molar-refractivity contribution >= 4 is 5.95 Å². The highest BCUT2D eigenvalue weighted by molar-refractivity contribution is 5.28. The highest BCUT2D eigenvalue weighted by atomic mass is 16.5. The lowest BCUT2D eigenvalue weighted by atomic mass is 10.1. The van der Waals surface area contributed by atoms with Gasteiger partial charge in [-0.15, -0.1) is 0 Å². The third-order valence-corrected chi connectivity index (χ3v) is 2.55. The van der Waals surface area contributed by atoms with Crippen molar-refractivity contribution in [1.29, 1.82) is 0 Å². The second-order valence-electron chi connectivity index (χ2n) is 4.89. The van der Waals surface area contributed by atoms with Gasteiger partial charge in [0.1, 0.15) is 0 Å². The molecular weight excluding hydrogens is 258 g/mol. The fourth-order valence-corrected chi connectivity index (χ4v) is 1.84. The Morgan fingerprint density at radius 1 is 1.30 bits per heavy atom. The van der Waals surface area contributed by atoms with Gasteiger partial charge in [0.15, 0.2) is 0 Å². The van der Waals surface area contributed by atoms with E-state index in [-0.39, 0.29) is 18.1 Å². The Hall–Kier alpha value is -2.22. The Balaban J connectivity index is 2.22. The molecule has 0 bridgehead atoms. The topological polar surface area (TPSA) is 104 Å². The van der Waals surface area contributed by atoms with Crippen LogP contribution in [0.25, 0.3) is 5.95 Å². The van der Waals surface area contributed by atoms with Crippen LogP contribution in [0, 0.1) is 5.92 Å². The Labute approximate surface area is 117 Å². The number of ether oxygens (including phenoxy) is 1. The monoisotopic (exact) mass is 277 g/mol. The summed E-state index contributed by atoms with van der Waals surface area (Å²) >= 11 is 0. The second-order valence-corrected chi connectivity index (χ2v) is 4.89. The Morgan fingerprint density at radius 3 is 2.70 bits per heavy atom. The van der Waals surface area contributed by atoms with Crippen LogP contribution in [0.15, 0.2) is 18.5 Å². The lowest BCUT2D eigenvalue weighted by Gasteiger charge is -2.15. The number of nitrogens with zero attached hydrogens (tertiary/aromatic N) is 5. The molecule has 0 aliphatic rings. The number of anilines is 1. The SMILES string of the molecule is CC(C)CC(C)Oc1nc(NN)nc(-n2cccn2)n1. The lowest BCUT2D eigenvalue weighted by Crippen LogP contribution is -2.19. The van der Waals surface area contributed by atoms with Crippen molar-refractivity contribution in [3.8, 4) is 12.0 Å². The molecule has 3 N–H and O–H groups in total. The average molecular weight is 277 g/mol. The summed E-state index contributed by atoms with van der Waals surface area (Å²) < 4.78 is 7.22. The molecule has 2 rings (SSSR count). The number of rotatable bonds is 6. The molecule has 0 aliphatic heterocycles. The summed E-state index contributed by atoms with van der Waals surface area (Å²) in [6.07, 6.45) is 4.29. The van der Waals surface area contributed by atoms with Gasteiger partial charge in [-0.1, -0.05) is 13.8 Å². The molecule has 2 aromatic rings. The van der Waals surface area contributed by atoms with Gasteiger partial charge in [0.2, 0.25) is 5.95 Å². The van der Waals surface area contributed by atoms with Crippen LogP contribution in [-0.2, 0) is 0 Å². The second kappa shape index (κ2) is 6.29. The Kier molecular flexibility index (Phi) is 4.46. The summed E-state index contributed by atoms with van der Waals surface area (Å²) in [5.41, 5.74) is 2.40. The molecule has 0 aromatic carbocycles. The van der Waals surface area contributed by atoms with Crippen molar-refractivity contribution in [2.24, 2.45) is 11.8 Å². The first kappa shape index (κ1) is 14.2. The molecule has 0 fully saturated rings. The predicted octanol–water partition coefficient (Wildman–Crippen LogP) is 1.16. The molecule has 108 valence electrons. The molecule has 2 aromatic heterocycles. The quantitative estimate of drug-likeness (QED) is 0.603. The van der Waals surface area contributed by atoms with Gasteiger partial charge in [-0.3, -0.25) is 5.43 Å². The van der Waals surface area contributed by atoms with E-state index >= 15 is 0 Å². The number of aromatic nitrogens is 5. The molecule has 0 amide bonds. The third-order valence-electron chi connectivity index (χ3n) is 2.55. The minimum absolute atomic E-state index is 0.00787. The highest BCUT2D eigenvalue weighted by Gasteiger charge is 2.13. The molecule has 0 aliphatic carbocycles. The molecule has 2 heterocycles. The van der Waals surface area contributed by atoms with Gasteiger partial charge in [0, 0.05) is 12.4 Å². The van der Waals surface area contributed by atoms with Crippen LogP contribution in [0.2, 0.25) is 0 Å². The summed E-state index contributed by atoms with van der Waals surface area (Å²) in [6, 6.07) is 2.01. The number of nitrogens with one attached hydrogen (secondary N) is 1. The zero-order valence-corrected chi connectivity index (χ0v) is 11.8. The Morgan fingerprint density at radius 2 is 2.10 bits per heavy atom. The molecule has 8 heteroatoms. The minimum Gasteiger partial charge on any atom is -0.460 e. The van der Waals surface area contributed by atoms with E-state index in [1.54, 1.807) is 18.5 Å². The minimum atomic E-state index is 0.00787. The maximum absolute atomic E-state index is 5.71. The van der Waals surface area contributed by atoms with Crippen LogP contribution in [0.4, 0.5) is 5.95 Å². The number of hydrogen-bond donors (Lipinski definition) is 2. The van der Waals surface area contributed by atoms with Crippen molar-refractivity contribution in [2.45, 2.75) is 33.3 Å². The molecule has 0 radical (unpaired) electrons. The van der Waals surface area contributed by atoms with E-state index in [4.69, 9.17) is 10.6 Å². The van der Waals surface area contributed by atoms with Crippen LogP contribution in [0.1, 0.15) is 27.2 Å². The van der Waals surface area contributed by atoms with Gasteiger partial charge in [-0.2, -0.15) is 20.1 Å². The first-order valence-electron chi connectivity index (χ1n) is 6.48. The predicted molar refractivity (Wildman–Crippen MR) is 74.3 cm³/mol. The maximum atomic E-state index is 5.71.